The molecule has 6 nitrogen and oxygen atoms in total. The van der Waals surface area contributed by atoms with Gasteiger partial charge in [0.2, 0.25) is 10.0 Å². The fraction of sp³-hybridized carbons (Fsp3) is 0.222. The van der Waals surface area contributed by atoms with E-state index in [0.717, 1.165) is 11.1 Å². The smallest absolute Gasteiger partial charge is 0.250 e. The predicted molar refractivity (Wildman–Crippen MR) is 98.1 cm³/mol. The lowest BCUT2D eigenvalue weighted by molar-refractivity contribution is -0.117. The topological polar surface area (TPSA) is 102 Å². The van der Waals surface area contributed by atoms with Gasteiger partial charge in [0.1, 0.15) is 11.3 Å². The summed E-state index contributed by atoms with van der Waals surface area (Å²) >= 11 is 0. The number of benzodiazepines with no additional fused rings is 1. The van der Waals surface area contributed by atoms with E-state index >= 15 is 0 Å². The van der Waals surface area contributed by atoms with Crippen LogP contribution in [0, 0.1) is 0 Å². The number of hydrogen-bond donors (Lipinski definition) is 2. The lowest BCUT2D eigenvalue weighted by atomic mass is 10.0. The van der Waals surface area contributed by atoms with Crippen LogP contribution in [0.2, 0.25) is 0 Å². The molecule has 3 N–H and O–H groups in total. The maximum atomic E-state index is 12.7. The molecule has 1 amide bonds. The van der Waals surface area contributed by atoms with Crippen molar-refractivity contribution in [2.75, 3.05) is 5.32 Å². The zero-order chi connectivity index (χ0) is 18.0. The van der Waals surface area contributed by atoms with Crippen molar-refractivity contribution in [3.05, 3.63) is 65.7 Å². The van der Waals surface area contributed by atoms with E-state index in [4.69, 9.17) is 5.14 Å². The molecule has 1 aliphatic rings. The Labute approximate surface area is 146 Å². The number of nitrogens with two attached hydrogens (primary N) is 1. The SMILES string of the molecule is CCC(C1N=C(c2ccccc2)c2ccccc2NC1=O)S(N)(=O)=O. The number of primary sulfonamides is 1. The Morgan fingerprint density at radius 3 is 2.40 bits per heavy atom. The molecule has 0 aromatic heterocycles. The molecule has 1 heterocycles. The maximum absolute atomic E-state index is 12.7. The van der Waals surface area contributed by atoms with E-state index < -0.39 is 27.2 Å². The highest BCUT2D eigenvalue weighted by Crippen LogP contribution is 2.26. The average Bonchev–Trinajstić information content (AvgIpc) is 2.72. The second-order valence-corrected chi connectivity index (χ2v) is 7.64. The molecule has 0 aliphatic carbocycles. The van der Waals surface area contributed by atoms with Crippen molar-refractivity contribution in [2.24, 2.45) is 10.1 Å². The molecule has 2 unspecified atom stereocenters. The molecule has 3 rings (SSSR count). The van der Waals surface area contributed by atoms with Gasteiger partial charge in [-0.25, -0.2) is 13.6 Å². The normalized spacial score (nSPS) is 18.6. The number of carbonyl (C=O) groups is 1. The summed E-state index contributed by atoms with van der Waals surface area (Å²) in [6, 6.07) is 15.5. The largest absolute Gasteiger partial charge is 0.324 e. The first-order chi connectivity index (χ1) is 11.9. The second-order valence-electron chi connectivity index (χ2n) is 5.86. The van der Waals surface area contributed by atoms with Crippen LogP contribution in [0.15, 0.2) is 59.6 Å². The van der Waals surface area contributed by atoms with Gasteiger partial charge in [-0.15, -0.1) is 0 Å². The van der Waals surface area contributed by atoms with Crippen molar-refractivity contribution in [2.45, 2.75) is 24.6 Å². The lowest BCUT2D eigenvalue weighted by Gasteiger charge is -2.19. The fourth-order valence-corrected chi connectivity index (χ4v) is 3.99. The number of amides is 1. The zero-order valence-corrected chi connectivity index (χ0v) is 14.5. The maximum Gasteiger partial charge on any atom is 0.250 e. The van der Waals surface area contributed by atoms with Crippen LogP contribution in [0.1, 0.15) is 24.5 Å². The minimum absolute atomic E-state index is 0.193. The van der Waals surface area contributed by atoms with Crippen LogP contribution in [0.25, 0.3) is 0 Å². The Bertz CT molecular complexity index is 924. The van der Waals surface area contributed by atoms with Gasteiger partial charge in [-0.3, -0.25) is 9.79 Å². The highest BCUT2D eigenvalue weighted by Gasteiger charge is 2.37. The number of aliphatic imine (C=N–C) groups is 1. The minimum Gasteiger partial charge on any atom is -0.324 e. The predicted octanol–water partition coefficient (Wildman–Crippen LogP) is 1.91. The molecule has 2 aromatic carbocycles. The number of hydrogen-bond acceptors (Lipinski definition) is 4. The molecule has 0 radical (unpaired) electrons. The molecule has 130 valence electrons. The zero-order valence-electron chi connectivity index (χ0n) is 13.7. The summed E-state index contributed by atoms with van der Waals surface area (Å²) in [5.41, 5.74) is 2.72. The van der Waals surface area contributed by atoms with E-state index in [-0.39, 0.29) is 6.42 Å². The van der Waals surface area contributed by atoms with E-state index in [9.17, 15) is 13.2 Å². The third-order valence-electron chi connectivity index (χ3n) is 4.20. The number of rotatable bonds is 4. The van der Waals surface area contributed by atoms with Crippen molar-refractivity contribution in [1.82, 2.24) is 0 Å². The van der Waals surface area contributed by atoms with Crippen molar-refractivity contribution in [1.29, 1.82) is 0 Å². The standard InChI is InChI=1S/C18H19N3O3S/c1-2-15(25(19,23)24)17-18(22)20-14-11-7-6-10-13(14)16(21-17)12-8-4-3-5-9-12/h3-11,15,17H,2H2,1H3,(H,20,22)(H2,19,23,24). The van der Waals surface area contributed by atoms with Crippen LogP contribution in [-0.4, -0.2) is 31.3 Å². The Kier molecular flexibility index (Phi) is 4.69. The molecule has 2 atom stereocenters. The van der Waals surface area contributed by atoms with Gasteiger partial charge >= 0.3 is 0 Å². The van der Waals surface area contributed by atoms with Gasteiger partial charge in [0.15, 0.2) is 0 Å². The number of para-hydroxylation sites is 1. The van der Waals surface area contributed by atoms with Gasteiger partial charge in [-0.1, -0.05) is 55.5 Å². The van der Waals surface area contributed by atoms with Gasteiger partial charge in [0.05, 0.1) is 11.4 Å². The van der Waals surface area contributed by atoms with Crippen molar-refractivity contribution in [3.8, 4) is 0 Å². The molecule has 0 saturated heterocycles. The summed E-state index contributed by atoms with van der Waals surface area (Å²) in [7, 11) is -3.92. The average molecular weight is 357 g/mol. The van der Waals surface area contributed by atoms with Crippen LogP contribution in [0.3, 0.4) is 0 Å². The van der Waals surface area contributed by atoms with Crippen molar-refractivity contribution in [3.63, 3.8) is 0 Å². The quantitative estimate of drug-likeness (QED) is 0.874. The van der Waals surface area contributed by atoms with Crippen LogP contribution in [-0.2, 0) is 14.8 Å². The number of nitrogens with one attached hydrogen (secondary N) is 1. The monoisotopic (exact) mass is 357 g/mol. The Hall–Kier alpha value is -2.51. The summed E-state index contributed by atoms with van der Waals surface area (Å²) in [5, 5.41) is 7.05. The van der Waals surface area contributed by atoms with E-state index in [2.05, 4.69) is 10.3 Å². The number of benzene rings is 2. The first kappa shape index (κ1) is 17.3. The van der Waals surface area contributed by atoms with Crippen LogP contribution < -0.4 is 10.5 Å². The summed E-state index contributed by atoms with van der Waals surface area (Å²) in [4.78, 5) is 17.2. The second kappa shape index (κ2) is 6.78. The molecule has 0 spiro atoms. The van der Waals surface area contributed by atoms with Gasteiger partial charge in [0.25, 0.3) is 5.91 Å². The Morgan fingerprint density at radius 1 is 1.12 bits per heavy atom. The molecule has 7 heteroatoms. The summed E-state index contributed by atoms with van der Waals surface area (Å²) in [6.45, 7) is 1.68. The number of anilines is 1. The number of sulfonamides is 1. The molecule has 1 aliphatic heterocycles. The number of carbonyl (C=O) groups excluding carboxylic acids is 1. The van der Waals surface area contributed by atoms with Gasteiger partial charge in [0, 0.05) is 11.1 Å². The fourth-order valence-electron chi connectivity index (χ4n) is 2.99. The Morgan fingerprint density at radius 2 is 1.76 bits per heavy atom. The first-order valence-electron chi connectivity index (χ1n) is 7.97. The van der Waals surface area contributed by atoms with E-state index in [0.29, 0.717) is 11.4 Å². The highest BCUT2D eigenvalue weighted by atomic mass is 32.2. The first-order valence-corrected chi connectivity index (χ1v) is 9.58. The van der Waals surface area contributed by atoms with Gasteiger partial charge < -0.3 is 5.32 Å². The highest BCUT2D eigenvalue weighted by molar-refractivity contribution is 7.89. The van der Waals surface area contributed by atoms with Crippen LogP contribution in [0.5, 0.6) is 0 Å². The third-order valence-corrected chi connectivity index (χ3v) is 5.64. The lowest BCUT2D eigenvalue weighted by Crippen LogP contribution is -2.44. The van der Waals surface area contributed by atoms with Crippen molar-refractivity contribution >= 4 is 27.3 Å². The minimum atomic E-state index is -3.92. The molecular formula is C18H19N3O3S. The molecule has 25 heavy (non-hydrogen) atoms. The summed E-state index contributed by atoms with van der Waals surface area (Å²) in [5.74, 6) is -0.473. The van der Waals surface area contributed by atoms with E-state index in [1.807, 2.05) is 42.5 Å². The Balaban J connectivity index is 2.22. The number of fused-ring (bicyclic) bond motifs is 1. The molecule has 0 saturated carbocycles. The number of nitrogens with zero attached hydrogens (tertiary/aromatic N) is 1. The van der Waals surface area contributed by atoms with Crippen LogP contribution in [0.4, 0.5) is 5.69 Å². The summed E-state index contributed by atoms with van der Waals surface area (Å²) in [6.07, 6.45) is 0.193. The molecule has 0 bridgehead atoms. The van der Waals surface area contributed by atoms with Gasteiger partial charge in [-0.05, 0) is 12.5 Å². The molecule has 0 fully saturated rings. The van der Waals surface area contributed by atoms with E-state index in [1.54, 1.807) is 19.1 Å². The third kappa shape index (κ3) is 3.47. The summed E-state index contributed by atoms with van der Waals surface area (Å²) < 4.78 is 23.9. The van der Waals surface area contributed by atoms with Crippen LogP contribution >= 0.6 is 0 Å². The van der Waals surface area contributed by atoms with E-state index in [1.165, 1.54) is 0 Å². The van der Waals surface area contributed by atoms with Gasteiger partial charge in [-0.2, -0.15) is 0 Å². The van der Waals surface area contributed by atoms with Crippen molar-refractivity contribution < 1.29 is 13.2 Å². The molecule has 2 aromatic rings. The molecular weight excluding hydrogens is 338 g/mol.